The van der Waals surface area contributed by atoms with Crippen LogP contribution in [-0.4, -0.2) is 46.1 Å². The third kappa shape index (κ3) is 7.05. The number of amides is 1. The molecule has 2 saturated heterocycles. The van der Waals surface area contributed by atoms with Crippen molar-refractivity contribution in [1.82, 2.24) is 14.6 Å². The molecule has 3 unspecified atom stereocenters. The number of hydrogen-bond donors (Lipinski definition) is 2. The molecule has 1 aromatic carbocycles. The van der Waals surface area contributed by atoms with Crippen molar-refractivity contribution in [1.29, 1.82) is 0 Å². The number of pyridine rings is 1. The van der Waals surface area contributed by atoms with Gasteiger partial charge in [-0.1, -0.05) is 54.9 Å². The molecule has 4 atom stereocenters. The molecule has 0 spiro atoms. The van der Waals surface area contributed by atoms with Crippen molar-refractivity contribution in [3.8, 4) is 0 Å². The lowest BCUT2D eigenvalue weighted by molar-refractivity contribution is -0.116. The molecule has 2 aliphatic heterocycles. The number of benzene rings is 1. The van der Waals surface area contributed by atoms with Crippen LogP contribution in [0.1, 0.15) is 74.8 Å². The number of fused-ring (bicyclic) bond motifs is 2. The van der Waals surface area contributed by atoms with E-state index in [1.165, 1.54) is 38.3 Å². The number of nitrogens with zero attached hydrogens (tertiary/aromatic N) is 2. The first-order chi connectivity index (χ1) is 18.1. The SMILES string of the molecule is O=C(CC(c1ccc(Cl)cc1)C1CCCCC1)Nc1cncc(F)c1CCC1CN[C@@H]2CCCSN1C2. The van der Waals surface area contributed by atoms with Crippen LogP contribution in [-0.2, 0) is 11.2 Å². The second-order valence-electron chi connectivity index (χ2n) is 10.8. The highest BCUT2D eigenvalue weighted by Gasteiger charge is 2.31. The number of carbonyl (C=O) groups excluding carboxylic acids is 1. The Bertz CT molecular complexity index is 1050. The van der Waals surface area contributed by atoms with Gasteiger partial charge in [0.15, 0.2) is 0 Å². The van der Waals surface area contributed by atoms with Gasteiger partial charge >= 0.3 is 0 Å². The number of aromatic nitrogens is 1. The maximum atomic E-state index is 15.0. The minimum absolute atomic E-state index is 0.0792. The largest absolute Gasteiger partial charge is 0.324 e. The topological polar surface area (TPSA) is 57.3 Å². The van der Waals surface area contributed by atoms with Gasteiger partial charge < -0.3 is 10.6 Å². The molecule has 5 rings (SSSR count). The molecule has 1 amide bonds. The van der Waals surface area contributed by atoms with Crippen molar-refractivity contribution in [2.24, 2.45) is 5.92 Å². The van der Waals surface area contributed by atoms with Crippen molar-refractivity contribution in [3.63, 3.8) is 0 Å². The lowest BCUT2D eigenvalue weighted by Gasteiger charge is -2.37. The number of hydrogen-bond acceptors (Lipinski definition) is 5. The van der Waals surface area contributed by atoms with Crippen LogP contribution in [0.2, 0.25) is 5.02 Å². The molecule has 37 heavy (non-hydrogen) atoms. The smallest absolute Gasteiger partial charge is 0.225 e. The van der Waals surface area contributed by atoms with Gasteiger partial charge in [-0.3, -0.25) is 9.78 Å². The molecule has 2 N–H and O–H groups in total. The minimum Gasteiger partial charge on any atom is -0.324 e. The van der Waals surface area contributed by atoms with E-state index in [4.69, 9.17) is 11.6 Å². The summed E-state index contributed by atoms with van der Waals surface area (Å²) in [6.07, 6.45) is 13.1. The van der Waals surface area contributed by atoms with E-state index in [2.05, 4.69) is 19.9 Å². The molecular weight excluding hydrogens is 507 g/mol. The fourth-order valence-electron chi connectivity index (χ4n) is 6.28. The molecule has 3 heterocycles. The Labute approximate surface area is 229 Å². The standard InChI is InChI=1S/C29H38ClFN4OS/c30-22-10-8-21(9-11-22)26(20-5-2-1-3-6-20)15-29(36)34-28-18-32-17-27(31)25(28)13-12-24-16-33-23-7-4-14-37-35(24)19-23/h8-11,17-18,20,23-24,26,33H,1-7,12-16,19H2,(H,34,36)/t23-,24?,26?/m1/s1. The van der Waals surface area contributed by atoms with Crippen LogP contribution in [0.25, 0.3) is 0 Å². The number of halogens is 2. The summed E-state index contributed by atoms with van der Waals surface area (Å²) < 4.78 is 17.5. The highest BCUT2D eigenvalue weighted by Crippen LogP contribution is 2.39. The highest BCUT2D eigenvalue weighted by atomic mass is 35.5. The first kappa shape index (κ1) is 26.9. The first-order valence-electron chi connectivity index (χ1n) is 13.9. The molecule has 0 radical (unpaired) electrons. The average Bonchev–Trinajstić information content (AvgIpc) is 3.10. The Morgan fingerprint density at radius 3 is 2.78 bits per heavy atom. The zero-order valence-corrected chi connectivity index (χ0v) is 23.0. The summed E-state index contributed by atoms with van der Waals surface area (Å²) in [4.78, 5) is 17.4. The number of carbonyl (C=O) groups is 1. The summed E-state index contributed by atoms with van der Waals surface area (Å²) >= 11 is 8.07. The van der Waals surface area contributed by atoms with E-state index in [0.717, 1.165) is 43.7 Å². The Morgan fingerprint density at radius 2 is 1.97 bits per heavy atom. The van der Waals surface area contributed by atoms with Crippen LogP contribution in [0.15, 0.2) is 36.7 Å². The quantitative estimate of drug-likeness (QED) is 0.367. The van der Waals surface area contributed by atoms with E-state index in [1.807, 2.05) is 36.2 Å². The Hall–Kier alpha value is -1.67. The van der Waals surface area contributed by atoms with Crippen LogP contribution in [0.4, 0.5) is 10.1 Å². The van der Waals surface area contributed by atoms with Crippen LogP contribution < -0.4 is 10.6 Å². The van der Waals surface area contributed by atoms with Gasteiger partial charge in [0.05, 0.1) is 18.1 Å². The fraction of sp³-hybridized carbons (Fsp3) is 0.586. The van der Waals surface area contributed by atoms with E-state index >= 15 is 0 Å². The first-order valence-corrected chi connectivity index (χ1v) is 15.2. The number of anilines is 1. The predicted molar refractivity (Wildman–Crippen MR) is 151 cm³/mol. The Balaban J connectivity index is 1.26. The lowest BCUT2D eigenvalue weighted by Crippen LogP contribution is -2.53. The van der Waals surface area contributed by atoms with Crippen molar-refractivity contribution in [2.45, 2.75) is 82.2 Å². The predicted octanol–water partition coefficient (Wildman–Crippen LogP) is 6.58. The van der Waals surface area contributed by atoms with Gasteiger partial charge in [0.25, 0.3) is 0 Å². The molecule has 8 heteroatoms. The van der Waals surface area contributed by atoms with Crippen molar-refractivity contribution in [2.75, 3.05) is 24.2 Å². The van der Waals surface area contributed by atoms with Gasteiger partial charge in [0.1, 0.15) is 5.82 Å². The molecule has 2 aromatic rings. The van der Waals surface area contributed by atoms with Crippen LogP contribution >= 0.6 is 23.5 Å². The molecular formula is C29H38ClFN4OS. The number of nitrogens with one attached hydrogen (secondary N) is 2. The van der Waals surface area contributed by atoms with E-state index in [9.17, 15) is 9.18 Å². The van der Waals surface area contributed by atoms with Crippen molar-refractivity contribution >= 4 is 35.1 Å². The Morgan fingerprint density at radius 1 is 1.16 bits per heavy atom. The van der Waals surface area contributed by atoms with Gasteiger partial charge in [0.2, 0.25) is 5.91 Å². The summed E-state index contributed by atoms with van der Waals surface area (Å²) in [6.45, 7) is 1.97. The molecule has 2 bridgehead atoms. The van der Waals surface area contributed by atoms with Crippen LogP contribution in [0.5, 0.6) is 0 Å². The van der Waals surface area contributed by atoms with Gasteiger partial charge in [-0.2, -0.15) is 0 Å². The zero-order valence-electron chi connectivity index (χ0n) is 21.4. The van der Waals surface area contributed by atoms with E-state index in [0.29, 0.717) is 47.1 Å². The third-order valence-electron chi connectivity index (χ3n) is 8.33. The van der Waals surface area contributed by atoms with Crippen molar-refractivity contribution < 1.29 is 9.18 Å². The molecule has 1 aromatic heterocycles. The van der Waals surface area contributed by atoms with E-state index < -0.39 is 0 Å². The molecule has 200 valence electrons. The fourth-order valence-corrected chi connectivity index (χ4v) is 7.62. The molecule has 3 fully saturated rings. The third-order valence-corrected chi connectivity index (χ3v) is 9.83. The van der Waals surface area contributed by atoms with E-state index in [-0.39, 0.29) is 17.6 Å². The highest BCUT2D eigenvalue weighted by molar-refractivity contribution is 7.97. The van der Waals surface area contributed by atoms with Gasteiger partial charge in [-0.25, -0.2) is 8.70 Å². The van der Waals surface area contributed by atoms with Gasteiger partial charge in [0, 0.05) is 47.9 Å². The number of piperazine rings is 1. The Kier molecular flexibility index (Phi) is 9.40. The number of rotatable bonds is 8. The summed E-state index contributed by atoms with van der Waals surface area (Å²) in [5, 5.41) is 7.41. The monoisotopic (exact) mass is 544 g/mol. The van der Waals surface area contributed by atoms with Crippen molar-refractivity contribution in [3.05, 3.63) is 58.6 Å². The van der Waals surface area contributed by atoms with Crippen LogP contribution in [0, 0.1) is 11.7 Å². The molecule has 1 aliphatic carbocycles. The van der Waals surface area contributed by atoms with Crippen LogP contribution in [0.3, 0.4) is 0 Å². The maximum Gasteiger partial charge on any atom is 0.225 e. The summed E-state index contributed by atoms with van der Waals surface area (Å²) in [6, 6.07) is 8.84. The maximum absolute atomic E-state index is 15.0. The zero-order chi connectivity index (χ0) is 25.6. The lowest BCUT2D eigenvalue weighted by atomic mass is 9.75. The average molecular weight is 545 g/mol. The normalized spacial score (nSPS) is 25.3. The molecule has 1 saturated carbocycles. The van der Waals surface area contributed by atoms with Gasteiger partial charge in [-0.05, 0) is 68.1 Å². The van der Waals surface area contributed by atoms with Gasteiger partial charge in [-0.15, -0.1) is 0 Å². The summed E-state index contributed by atoms with van der Waals surface area (Å²) in [5.74, 6) is 1.33. The summed E-state index contributed by atoms with van der Waals surface area (Å²) in [7, 11) is 0. The molecule has 3 aliphatic rings. The second kappa shape index (κ2) is 12.9. The summed E-state index contributed by atoms with van der Waals surface area (Å²) in [5.41, 5.74) is 2.22. The molecule has 5 nitrogen and oxygen atoms in total. The minimum atomic E-state index is -0.343. The van der Waals surface area contributed by atoms with E-state index in [1.54, 1.807) is 6.20 Å². The second-order valence-corrected chi connectivity index (χ2v) is 12.4.